The van der Waals surface area contributed by atoms with Crippen LogP contribution in [0.4, 0.5) is 5.69 Å². The van der Waals surface area contributed by atoms with Crippen LogP contribution in [0.1, 0.15) is 34.8 Å². The summed E-state index contributed by atoms with van der Waals surface area (Å²) in [7, 11) is -1.99. The van der Waals surface area contributed by atoms with Crippen LogP contribution in [0.3, 0.4) is 0 Å². The second kappa shape index (κ2) is 12.3. The molecule has 35 heavy (non-hydrogen) atoms. The number of nitrogens with one attached hydrogen (secondary N) is 1. The molecule has 0 unspecified atom stereocenters. The number of hydrogen-bond acceptors (Lipinski definition) is 5. The summed E-state index contributed by atoms with van der Waals surface area (Å²) in [6, 6.07) is 21.7. The van der Waals surface area contributed by atoms with Gasteiger partial charge in [-0.05, 0) is 53.9 Å². The molecule has 0 spiro atoms. The third-order valence-corrected chi connectivity index (χ3v) is 6.54. The van der Waals surface area contributed by atoms with E-state index < -0.39 is 10.0 Å². The normalized spacial score (nSPS) is 11.1. The van der Waals surface area contributed by atoms with Gasteiger partial charge in [0.05, 0.1) is 32.1 Å². The monoisotopic (exact) mass is 496 g/mol. The summed E-state index contributed by atoms with van der Waals surface area (Å²) in [5, 5.41) is 2.84. The highest BCUT2D eigenvalue weighted by Gasteiger charge is 2.18. The van der Waals surface area contributed by atoms with E-state index in [0.29, 0.717) is 30.2 Å². The van der Waals surface area contributed by atoms with Crippen LogP contribution in [0.25, 0.3) is 0 Å². The van der Waals surface area contributed by atoms with Crippen molar-refractivity contribution in [1.82, 2.24) is 5.32 Å². The largest absolute Gasteiger partial charge is 0.497 e. The molecule has 0 saturated carbocycles. The van der Waals surface area contributed by atoms with Crippen molar-refractivity contribution in [2.45, 2.75) is 26.3 Å². The van der Waals surface area contributed by atoms with E-state index in [1.807, 2.05) is 12.1 Å². The van der Waals surface area contributed by atoms with Crippen molar-refractivity contribution in [1.29, 1.82) is 0 Å². The standard InChI is InChI=1S/C27H32N2O5S/c1-4-6-21-11-15-25(16-12-21)34-18-17-28-27(30)23-13-9-22(10-14-23)20-29(35(3,31)32)24-7-5-8-26(19-24)33-2/h5,7-16,19H,4,6,17-18,20H2,1-3H3,(H,28,30). The number of amides is 1. The number of carbonyl (C=O) groups is 1. The molecule has 8 heteroatoms. The number of carbonyl (C=O) groups excluding carboxylic acids is 1. The molecule has 3 aromatic carbocycles. The molecule has 1 N–H and O–H groups in total. The van der Waals surface area contributed by atoms with Crippen molar-refractivity contribution in [2.24, 2.45) is 0 Å². The Labute approximate surface area is 207 Å². The summed E-state index contributed by atoms with van der Waals surface area (Å²) in [4.78, 5) is 12.5. The minimum absolute atomic E-state index is 0.138. The highest BCUT2D eigenvalue weighted by Crippen LogP contribution is 2.25. The van der Waals surface area contributed by atoms with Crippen LogP contribution in [0, 0.1) is 0 Å². The predicted molar refractivity (Wildman–Crippen MR) is 139 cm³/mol. The molecule has 0 aliphatic carbocycles. The molecule has 0 aromatic heterocycles. The Balaban J connectivity index is 1.54. The molecule has 1 amide bonds. The average molecular weight is 497 g/mol. The number of aryl methyl sites for hydroxylation is 1. The van der Waals surface area contributed by atoms with E-state index in [-0.39, 0.29) is 12.5 Å². The third-order valence-electron chi connectivity index (χ3n) is 5.40. The van der Waals surface area contributed by atoms with Crippen LogP contribution < -0.4 is 19.1 Å². The van der Waals surface area contributed by atoms with E-state index in [0.717, 1.165) is 30.4 Å². The van der Waals surface area contributed by atoms with Gasteiger partial charge in [0.1, 0.15) is 18.1 Å². The molecule has 0 aliphatic rings. The van der Waals surface area contributed by atoms with Crippen LogP contribution in [0.15, 0.2) is 72.8 Å². The van der Waals surface area contributed by atoms with Crippen molar-refractivity contribution in [3.8, 4) is 11.5 Å². The lowest BCUT2D eigenvalue weighted by Crippen LogP contribution is -2.29. The summed E-state index contributed by atoms with van der Waals surface area (Å²) in [5.74, 6) is 1.13. The van der Waals surface area contributed by atoms with Gasteiger partial charge in [-0.1, -0.05) is 43.7 Å². The Morgan fingerprint density at radius 2 is 1.63 bits per heavy atom. The zero-order chi connectivity index (χ0) is 25.3. The minimum Gasteiger partial charge on any atom is -0.497 e. The first-order chi connectivity index (χ1) is 16.8. The van der Waals surface area contributed by atoms with E-state index in [9.17, 15) is 13.2 Å². The van der Waals surface area contributed by atoms with Gasteiger partial charge >= 0.3 is 0 Å². The molecule has 3 aromatic rings. The van der Waals surface area contributed by atoms with E-state index in [4.69, 9.17) is 9.47 Å². The maximum atomic E-state index is 12.5. The zero-order valence-electron chi connectivity index (χ0n) is 20.4. The summed E-state index contributed by atoms with van der Waals surface area (Å²) in [5.41, 5.74) is 3.03. The van der Waals surface area contributed by atoms with Crippen molar-refractivity contribution < 1.29 is 22.7 Å². The van der Waals surface area contributed by atoms with Crippen LogP contribution in [0.5, 0.6) is 11.5 Å². The number of methoxy groups -OCH3 is 1. The lowest BCUT2D eigenvalue weighted by Gasteiger charge is -2.23. The summed E-state index contributed by atoms with van der Waals surface area (Å²) < 4.78 is 37.0. The lowest BCUT2D eigenvalue weighted by atomic mass is 10.1. The molecule has 7 nitrogen and oxygen atoms in total. The topological polar surface area (TPSA) is 84.9 Å². The maximum absolute atomic E-state index is 12.5. The number of nitrogens with zero attached hydrogens (tertiary/aromatic N) is 1. The quantitative estimate of drug-likeness (QED) is 0.375. The predicted octanol–water partition coefficient (Wildman–Crippen LogP) is 4.42. The highest BCUT2D eigenvalue weighted by molar-refractivity contribution is 7.92. The van der Waals surface area contributed by atoms with Crippen molar-refractivity contribution in [3.63, 3.8) is 0 Å². The van der Waals surface area contributed by atoms with Crippen LogP contribution in [-0.4, -0.2) is 40.8 Å². The van der Waals surface area contributed by atoms with Gasteiger partial charge in [-0.25, -0.2) is 8.42 Å². The van der Waals surface area contributed by atoms with Gasteiger partial charge in [0.2, 0.25) is 10.0 Å². The van der Waals surface area contributed by atoms with Gasteiger partial charge in [0.15, 0.2) is 0 Å². The average Bonchev–Trinajstić information content (AvgIpc) is 2.86. The van der Waals surface area contributed by atoms with Crippen molar-refractivity contribution in [2.75, 3.05) is 30.8 Å². The van der Waals surface area contributed by atoms with Gasteiger partial charge in [0.25, 0.3) is 5.91 Å². The first kappa shape index (κ1) is 26.1. The van der Waals surface area contributed by atoms with Gasteiger partial charge in [-0.2, -0.15) is 0 Å². The van der Waals surface area contributed by atoms with Crippen molar-refractivity contribution in [3.05, 3.63) is 89.5 Å². The number of rotatable bonds is 12. The molecule has 0 fully saturated rings. The van der Waals surface area contributed by atoms with Crippen molar-refractivity contribution >= 4 is 21.6 Å². The van der Waals surface area contributed by atoms with E-state index in [2.05, 4.69) is 24.4 Å². The molecule has 186 valence electrons. The molecule has 0 bridgehead atoms. The second-order valence-electron chi connectivity index (χ2n) is 8.17. The van der Waals surface area contributed by atoms with E-state index in [1.165, 1.54) is 17.0 Å². The Bertz CT molecular complexity index is 1210. The number of benzene rings is 3. The lowest BCUT2D eigenvalue weighted by molar-refractivity contribution is 0.0947. The van der Waals surface area contributed by atoms with Gasteiger partial charge in [0, 0.05) is 11.6 Å². The summed E-state index contributed by atoms with van der Waals surface area (Å²) in [6.07, 6.45) is 3.31. The fourth-order valence-corrected chi connectivity index (χ4v) is 4.45. The number of hydrogen-bond donors (Lipinski definition) is 1. The fraction of sp³-hybridized carbons (Fsp3) is 0.296. The SMILES string of the molecule is CCCc1ccc(OCCNC(=O)c2ccc(CN(c3cccc(OC)c3)S(C)(=O)=O)cc2)cc1. The molecule has 3 rings (SSSR count). The molecule has 0 heterocycles. The highest BCUT2D eigenvalue weighted by atomic mass is 32.2. The van der Waals surface area contributed by atoms with Crippen LogP contribution in [-0.2, 0) is 23.0 Å². The number of ether oxygens (including phenoxy) is 2. The Morgan fingerprint density at radius 3 is 2.26 bits per heavy atom. The molecule has 0 atom stereocenters. The van der Waals surface area contributed by atoms with Gasteiger partial charge < -0.3 is 14.8 Å². The fourth-order valence-electron chi connectivity index (χ4n) is 3.57. The Hall–Kier alpha value is -3.52. The van der Waals surface area contributed by atoms with Gasteiger partial charge in [-0.3, -0.25) is 9.10 Å². The first-order valence-corrected chi connectivity index (χ1v) is 13.4. The molecule has 0 saturated heterocycles. The zero-order valence-corrected chi connectivity index (χ0v) is 21.2. The van der Waals surface area contributed by atoms with Crippen LogP contribution >= 0.6 is 0 Å². The van der Waals surface area contributed by atoms with E-state index in [1.54, 1.807) is 48.5 Å². The number of anilines is 1. The van der Waals surface area contributed by atoms with Crippen LogP contribution in [0.2, 0.25) is 0 Å². The molecule has 0 aliphatic heterocycles. The minimum atomic E-state index is -3.53. The summed E-state index contributed by atoms with van der Waals surface area (Å²) >= 11 is 0. The van der Waals surface area contributed by atoms with E-state index >= 15 is 0 Å². The molecular weight excluding hydrogens is 464 g/mol. The Morgan fingerprint density at radius 1 is 0.943 bits per heavy atom. The molecule has 0 radical (unpaired) electrons. The molecular formula is C27H32N2O5S. The summed E-state index contributed by atoms with van der Waals surface area (Å²) in [6.45, 7) is 3.02. The third kappa shape index (κ3) is 7.75. The Kier molecular flexibility index (Phi) is 9.14. The van der Waals surface area contributed by atoms with Gasteiger partial charge in [-0.15, -0.1) is 0 Å². The maximum Gasteiger partial charge on any atom is 0.251 e. The smallest absolute Gasteiger partial charge is 0.251 e. The second-order valence-corrected chi connectivity index (χ2v) is 10.1. The number of sulfonamides is 1. The first-order valence-electron chi connectivity index (χ1n) is 11.5.